The monoisotopic (exact) mass is 378 g/mol. The van der Waals surface area contributed by atoms with E-state index < -0.39 is 0 Å². The molecule has 26 heavy (non-hydrogen) atoms. The van der Waals surface area contributed by atoms with E-state index >= 15 is 0 Å². The average molecular weight is 379 g/mol. The predicted octanol–water partition coefficient (Wildman–Crippen LogP) is 2.14. The molecule has 142 valence electrons. The van der Waals surface area contributed by atoms with Gasteiger partial charge in [0.05, 0.1) is 12.1 Å². The van der Waals surface area contributed by atoms with E-state index in [1.54, 1.807) is 0 Å². The predicted molar refractivity (Wildman–Crippen MR) is 104 cm³/mol. The number of halogens is 1. The molecule has 2 aromatic rings. The van der Waals surface area contributed by atoms with Crippen LogP contribution in [0.2, 0.25) is 0 Å². The number of rotatable bonds is 8. The summed E-state index contributed by atoms with van der Waals surface area (Å²) in [7, 11) is 0. The Hall–Kier alpha value is -1.63. The number of hydrogen-bond donors (Lipinski definition) is 2. The molecule has 6 nitrogen and oxygen atoms in total. The zero-order chi connectivity index (χ0) is 17.2. The number of nitrogens with zero attached hydrogens (tertiary/aromatic N) is 2. The summed E-state index contributed by atoms with van der Waals surface area (Å²) in [5, 5.41) is 11.9. The van der Waals surface area contributed by atoms with Gasteiger partial charge in [-0.1, -0.05) is 0 Å². The van der Waals surface area contributed by atoms with Crippen LogP contribution in [0.15, 0.2) is 18.3 Å². The lowest BCUT2D eigenvalue weighted by atomic mass is 10.0. The van der Waals surface area contributed by atoms with Gasteiger partial charge in [0, 0.05) is 55.9 Å². The van der Waals surface area contributed by atoms with Crippen molar-refractivity contribution < 1.29 is 9.53 Å². The standard InChI is InChI=1S/C19H26N4O2.ClH/c1-13-16(19(24)21-6-7-25-12-14-2-3-14)4-5-18-17(13)11-23(22-18)10-15-8-20-9-15;/h4-5,11,14-15,20H,2-3,6-10,12H2,1H3,(H,21,24);1H. The van der Waals surface area contributed by atoms with Crippen molar-refractivity contribution >= 4 is 29.2 Å². The molecule has 2 fully saturated rings. The lowest BCUT2D eigenvalue weighted by Gasteiger charge is -2.26. The highest BCUT2D eigenvalue weighted by atomic mass is 35.5. The molecule has 1 saturated heterocycles. The van der Waals surface area contributed by atoms with Crippen molar-refractivity contribution in [3.63, 3.8) is 0 Å². The van der Waals surface area contributed by atoms with Crippen molar-refractivity contribution in [1.82, 2.24) is 20.4 Å². The van der Waals surface area contributed by atoms with Crippen LogP contribution < -0.4 is 10.6 Å². The van der Waals surface area contributed by atoms with Crippen LogP contribution in [-0.2, 0) is 11.3 Å². The lowest BCUT2D eigenvalue weighted by Crippen LogP contribution is -2.44. The molecule has 1 aliphatic heterocycles. The summed E-state index contributed by atoms with van der Waals surface area (Å²) in [6, 6.07) is 3.82. The molecule has 1 aromatic carbocycles. The summed E-state index contributed by atoms with van der Waals surface area (Å²) in [6.07, 6.45) is 4.64. The molecule has 0 unspecified atom stereocenters. The van der Waals surface area contributed by atoms with E-state index in [9.17, 15) is 4.79 Å². The van der Waals surface area contributed by atoms with Gasteiger partial charge in [-0.05, 0) is 43.4 Å². The van der Waals surface area contributed by atoms with E-state index in [-0.39, 0.29) is 18.3 Å². The third-order valence-electron chi connectivity index (χ3n) is 5.14. The number of hydrogen-bond acceptors (Lipinski definition) is 4. The van der Waals surface area contributed by atoms with Gasteiger partial charge in [-0.15, -0.1) is 12.4 Å². The third-order valence-corrected chi connectivity index (χ3v) is 5.14. The summed E-state index contributed by atoms with van der Waals surface area (Å²) in [4.78, 5) is 12.5. The Labute approximate surface area is 160 Å². The van der Waals surface area contributed by atoms with Gasteiger partial charge in [-0.25, -0.2) is 0 Å². The van der Waals surface area contributed by atoms with Crippen LogP contribution in [0.3, 0.4) is 0 Å². The fraction of sp³-hybridized carbons (Fsp3) is 0.579. The number of carbonyl (C=O) groups excluding carboxylic acids is 1. The molecule has 0 atom stereocenters. The molecule has 1 saturated carbocycles. The van der Waals surface area contributed by atoms with Crippen molar-refractivity contribution in [2.45, 2.75) is 26.3 Å². The molecule has 1 amide bonds. The van der Waals surface area contributed by atoms with Crippen molar-refractivity contribution in [2.75, 3.05) is 32.8 Å². The normalized spacial score (nSPS) is 17.0. The molecule has 4 rings (SSSR count). The van der Waals surface area contributed by atoms with E-state index in [1.165, 1.54) is 12.8 Å². The molecule has 1 aromatic heterocycles. The molecule has 2 aliphatic rings. The molecule has 0 bridgehead atoms. The number of aromatic nitrogens is 2. The highest BCUT2D eigenvalue weighted by Gasteiger charge is 2.21. The Morgan fingerprint density at radius 2 is 2.15 bits per heavy atom. The Morgan fingerprint density at radius 1 is 1.35 bits per heavy atom. The first kappa shape index (κ1) is 19.1. The lowest BCUT2D eigenvalue weighted by molar-refractivity contribution is 0.0906. The van der Waals surface area contributed by atoms with E-state index in [1.807, 2.05) is 23.7 Å². The topological polar surface area (TPSA) is 68.2 Å². The summed E-state index contributed by atoms with van der Waals surface area (Å²) >= 11 is 0. The van der Waals surface area contributed by atoms with Crippen molar-refractivity contribution in [3.8, 4) is 0 Å². The first-order valence-electron chi connectivity index (χ1n) is 9.24. The number of aryl methyl sites for hydroxylation is 1. The zero-order valence-corrected chi connectivity index (χ0v) is 16.0. The van der Waals surface area contributed by atoms with E-state index in [2.05, 4.69) is 21.9 Å². The minimum Gasteiger partial charge on any atom is -0.379 e. The number of ether oxygens (including phenoxy) is 1. The highest BCUT2D eigenvalue weighted by molar-refractivity contribution is 6.00. The van der Waals surface area contributed by atoms with Crippen molar-refractivity contribution in [2.24, 2.45) is 11.8 Å². The van der Waals surface area contributed by atoms with Gasteiger partial charge in [0.2, 0.25) is 0 Å². The van der Waals surface area contributed by atoms with Gasteiger partial charge < -0.3 is 15.4 Å². The Kier molecular flexibility index (Phi) is 6.16. The van der Waals surface area contributed by atoms with Gasteiger partial charge in [0.15, 0.2) is 0 Å². The number of fused-ring (bicyclic) bond motifs is 1. The Balaban J connectivity index is 0.00000196. The van der Waals surface area contributed by atoms with Gasteiger partial charge in [-0.2, -0.15) is 5.10 Å². The first-order valence-corrected chi connectivity index (χ1v) is 9.24. The molecular weight excluding hydrogens is 352 g/mol. The maximum atomic E-state index is 12.5. The summed E-state index contributed by atoms with van der Waals surface area (Å²) < 4.78 is 7.58. The van der Waals surface area contributed by atoms with Gasteiger partial charge in [-0.3, -0.25) is 9.48 Å². The quantitative estimate of drug-likeness (QED) is 0.690. The molecule has 1 aliphatic carbocycles. The zero-order valence-electron chi connectivity index (χ0n) is 15.2. The summed E-state index contributed by atoms with van der Waals surface area (Å²) in [6.45, 7) is 7.01. The second kappa shape index (κ2) is 8.37. The summed E-state index contributed by atoms with van der Waals surface area (Å²) in [5.41, 5.74) is 2.67. The van der Waals surface area contributed by atoms with Crippen LogP contribution in [0.4, 0.5) is 0 Å². The largest absolute Gasteiger partial charge is 0.379 e. The van der Waals surface area contributed by atoms with Gasteiger partial charge >= 0.3 is 0 Å². The molecule has 2 N–H and O–H groups in total. The molecule has 0 spiro atoms. The SMILES string of the molecule is Cc1c(C(=O)NCCOCC2CC2)ccc2nn(CC3CNC3)cc12.Cl. The maximum absolute atomic E-state index is 12.5. The Morgan fingerprint density at radius 3 is 2.85 bits per heavy atom. The van der Waals surface area contributed by atoms with Crippen LogP contribution in [0, 0.1) is 18.8 Å². The average Bonchev–Trinajstić information content (AvgIpc) is 3.28. The number of amides is 1. The molecular formula is C19H27ClN4O2. The van der Waals surface area contributed by atoms with Crippen molar-refractivity contribution in [1.29, 1.82) is 0 Å². The minimum absolute atomic E-state index is 0. The number of nitrogens with one attached hydrogen (secondary N) is 2. The van der Waals surface area contributed by atoms with E-state index in [4.69, 9.17) is 4.74 Å². The van der Waals surface area contributed by atoms with E-state index in [0.29, 0.717) is 19.1 Å². The third kappa shape index (κ3) is 4.37. The smallest absolute Gasteiger partial charge is 0.251 e. The number of carbonyl (C=O) groups is 1. The fourth-order valence-electron chi connectivity index (χ4n) is 3.23. The molecule has 0 radical (unpaired) electrons. The van der Waals surface area contributed by atoms with Crippen LogP contribution in [-0.4, -0.2) is 48.5 Å². The van der Waals surface area contributed by atoms with Gasteiger partial charge in [0.1, 0.15) is 0 Å². The van der Waals surface area contributed by atoms with Crippen LogP contribution in [0.5, 0.6) is 0 Å². The van der Waals surface area contributed by atoms with Gasteiger partial charge in [0.25, 0.3) is 5.91 Å². The first-order chi connectivity index (χ1) is 12.2. The molecule has 2 heterocycles. The Bertz CT molecular complexity index is 768. The second-order valence-electron chi connectivity index (χ2n) is 7.32. The fourth-order valence-corrected chi connectivity index (χ4v) is 3.23. The minimum atomic E-state index is -0.0367. The van der Waals surface area contributed by atoms with Crippen molar-refractivity contribution in [3.05, 3.63) is 29.5 Å². The second-order valence-corrected chi connectivity index (χ2v) is 7.32. The van der Waals surface area contributed by atoms with Crippen LogP contribution >= 0.6 is 12.4 Å². The van der Waals surface area contributed by atoms with E-state index in [0.717, 1.165) is 54.2 Å². The molecule has 7 heteroatoms. The summed E-state index contributed by atoms with van der Waals surface area (Å²) in [5.74, 6) is 1.38. The van der Waals surface area contributed by atoms with Crippen LogP contribution in [0.1, 0.15) is 28.8 Å². The highest BCUT2D eigenvalue weighted by Crippen LogP contribution is 2.28. The number of benzene rings is 1. The van der Waals surface area contributed by atoms with Crippen LogP contribution in [0.25, 0.3) is 10.9 Å². The maximum Gasteiger partial charge on any atom is 0.251 e.